The van der Waals surface area contributed by atoms with E-state index < -0.39 is 0 Å². The molecule has 7 heteroatoms. The van der Waals surface area contributed by atoms with Crippen LogP contribution < -0.4 is 20.1 Å². The van der Waals surface area contributed by atoms with Crippen molar-refractivity contribution in [2.75, 3.05) is 23.8 Å². The van der Waals surface area contributed by atoms with Crippen molar-refractivity contribution in [2.45, 2.75) is 39.5 Å². The Bertz CT molecular complexity index is 1440. The normalized spacial score (nSPS) is 12.3. The number of hydrogen-bond donors (Lipinski definition) is 2. The highest BCUT2D eigenvalue weighted by Gasteiger charge is 2.19. The van der Waals surface area contributed by atoms with Crippen LogP contribution in [0.2, 0.25) is 0 Å². The van der Waals surface area contributed by atoms with Crippen LogP contribution in [0.5, 0.6) is 11.5 Å². The lowest BCUT2D eigenvalue weighted by Crippen LogP contribution is -2.17. The standard InChI is InChI=1S/C30H30N2O5/c1-3-35-27-17-25(32-30(34)19-9-6-5-7-10-19)28(36-4-2)16-24(27)31-29(33)15-22-18-37-26-14-21-12-8-11-20(21)13-23(22)26/h5-7,9-10,13-14,16-18H,3-4,8,11-12,15H2,1-2H3,(H,31,33)(H,32,34). The highest BCUT2D eigenvalue weighted by molar-refractivity contribution is 6.05. The molecule has 0 spiro atoms. The highest BCUT2D eigenvalue weighted by Crippen LogP contribution is 2.37. The van der Waals surface area contributed by atoms with Crippen LogP contribution in [-0.2, 0) is 24.1 Å². The number of anilines is 2. The maximum Gasteiger partial charge on any atom is 0.255 e. The van der Waals surface area contributed by atoms with E-state index in [-0.39, 0.29) is 18.2 Å². The van der Waals surface area contributed by atoms with Gasteiger partial charge in [-0.05, 0) is 68.5 Å². The summed E-state index contributed by atoms with van der Waals surface area (Å²) >= 11 is 0. The van der Waals surface area contributed by atoms with Crippen LogP contribution in [0.4, 0.5) is 11.4 Å². The van der Waals surface area contributed by atoms with E-state index in [1.807, 2.05) is 19.9 Å². The third-order valence-electron chi connectivity index (χ3n) is 6.46. The molecule has 5 rings (SSSR count). The van der Waals surface area contributed by atoms with Crippen molar-refractivity contribution in [1.29, 1.82) is 0 Å². The number of furan rings is 1. The van der Waals surface area contributed by atoms with Crippen molar-refractivity contribution >= 4 is 34.2 Å². The van der Waals surface area contributed by atoms with Crippen LogP contribution >= 0.6 is 0 Å². The lowest BCUT2D eigenvalue weighted by Gasteiger charge is -2.18. The predicted molar refractivity (Wildman–Crippen MR) is 144 cm³/mol. The zero-order chi connectivity index (χ0) is 25.8. The van der Waals surface area contributed by atoms with Crippen LogP contribution in [0.15, 0.2) is 65.3 Å². The van der Waals surface area contributed by atoms with Crippen molar-refractivity contribution in [1.82, 2.24) is 0 Å². The predicted octanol–water partition coefficient (Wildman–Crippen LogP) is 6.15. The molecule has 1 aliphatic rings. The van der Waals surface area contributed by atoms with Crippen LogP contribution in [0.1, 0.15) is 47.3 Å². The van der Waals surface area contributed by atoms with Gasteiger partial charge in [0.2, 0.25) is 5.91 Å². The molecule has 3 aromatic carbocycles. The molecule has 2 N–H and O–H groups in total. The molecular formula is C30H30N2O5. The Morgan fingerprint density at radius 1 is 0.865 bits per heavy atom. The topological polar surface area (TPSA) is 89.8 Å². The van der Waals surface area contributed by atoms with E-state index in [0.29, 0.717) is 41.7 Å². The van der Waals surface area contributed by atoms with Gasteiger partial charge in [0, 0.05) is 28.6 Å². The molecule has 1 heterocycles. The molecule has 1 aromatic heterocycles. The van der Waals surface area contributed by atoms with Gasteiger partial charge in [-0.3, -0.25) is 9.59 Å². The fraction of sp³-hybridized carbons (Fsp3) is 0.267. The first-order chi connectivity index (χ1) is 18.1. The summed E-state index contributed by atoms with van der Waals surface area (Å²) in [7, 11) is 0. The van der Waals surface area contributed by atoms with Gasteiger partial charge >= 0.3 is 0 Å². The summed E-state index contributed by atoms with van der Waals surface area (Å²) in [6, 6.07) is 16.6. The van der Waals surface area contributed by atoms with E-state index in [0.717, 1.165) is 35.8 Å². The second kappa shape index (κ2) is 10.8. The van der Waals surface area contributed by atoms with E-state index >= 15 is 0 Å². The molecule has 0 bridgehead atoms. The largest absolute Gasteiger partial charge is 0.492 e. The molecule has 37 heavy (non-hydrogen) atoms. The van der Waals surface area contributed by atoms with E-state index in [4.69, 9.17) is 13.9 Å². The molecule has 0 radical (unpaired) electrons. The smallest absolute Gasteiger partial charge is 0.255 e. The Morgan fingerprint density at radius 2 is 1.51 bits per heavy atom. The summed E-state index contributed by atoms with van der Waals surface area (Å²) in [6.07, 6.45) is 5.12. The lowest BCUT2D eigenvalue weighted by atomic mass is 10.0. The van der Waals surface area contributed by atoms with Crippen LogP contribution in [0, 0.1) is 0 Å². The van der Waals surface area contributed by atoms with Crippen molar-refractivity contribution in [3.8, 4) is 11.5 Å². The highest BCUT2D eigenvalue weighted by atomic mass is 16.5. The lowest BCUT2D eigenvalue weighted by molar-refractivity contribution is -0.115. The minimum absolute atomic E-state index is 0.161. The van der Waals surface area contributed by atoms with Gasteiger partial charge in [0.1, 0.15) is 17.1 Å². The minimum Gasteiger partial charge on any atom is -0.492 e. The first-order valence-electron chi connectivity index (χ1n) is 12.7. The third-order valence-corrected chi connectivity index (χ3v) is 6.46. The molecule has 0 saturated carbocycles. The monoisotopic (exact) mass is 498 g/mol. The Hall–Kier alpha value is -4.26. The Balaban J connectivity index is 1.39. The second-order valence-electron chi connectivity index (χ2n) is 8.99. The molecule has 190 valence electrons. The number of carbonyl (C=O) groups is 2. The van der Waals surface area contributed by atoms with Crippen molar-refractivity contribution in [3.05, 3.63) is 83.1 Å². The van der Waals surface area contributed by atoms with Crippen LogP contribution in [-0.4, -0.2) is 25.0 Å². The molecule has 0 fully saturated rings. The van der Waals surface area contributed by atoms with Gasteiger partial charge in [-0.15, -0.1) is 0 Å². The summed E-state index contributed by atoms with van der Waals surface area (Å²) in [5, 5.41) is 6.84. The third kappa shape index (κ3) is 5.31. The van der Waals surface area contributed by atoms with Gasteiger partial charge in [0.25, 0.3) is 5.91 Å². The van der Waals surface area contributed by atoms with Crippen molar-refractivity contribution in [2.24, 2.45) is 0 Å². The van der Waals surface area contributed by atoms with Crippen molar-refractivity contribution < 1.29 is 23.5 Å². The molecule has 0 atom stereocenters. The summed E-state index contributed by atoms with van der Waals surface area (Å²) in [5.41, 5.74) is 5.80. The van der Waals surface area contributed by atoms with E-state index in [1.165, 1.54) is 11.1 Å². The summed E-state index contributed by atoms with van der Waals surface area (Å²) in [6.45, 7) is 4.50. The maximum atomic E-state index is 13.1. The Morgan fingerprint density at radius 3 is 2.19 bits per heavy atom. The van der Waals surface area contributed by atoms with Crippen molar-refractivity contribution in [3.63, 3.8) is 0 Å². The Kier molecular flexibility index (Phi) is 7.12. The second-order valence-corrected chi connectivity index (χ2v) is 8.99. The number of hydrogen-bond acceptors (Lipinski definition) is 5. The number of aryl methyl sites for hydroxylation is 2. The zero-order valence-electron chi connectivity index (χ0n) is 21.1. The quantitative estimate of drug-likeness (QED) is 0.289. The SMILES string of the molecule is CCOc1cc(NC(=O)c2ccccc2)c(OCC)cc1NC(=O)Cc1coc2cc3c(cc12)CCC3. The molecular weight excluding hydrogens is 468 g/mol. The first kappa shape index (κ1) is 24.4. The van der Waals surface area contributed by atoms with Gasteiger partial charge in [-0.25, -0.2) is 0 Å². The number of fused-ring (bicyclic) bond motifs is 2. The van der Waals surface area contributed by atoms with Crippen LogP contribution in [0.25, 0.3) is 11.0 Å². The van der Waals surface area contributed by atoms with E-state index in [1.54, 1.807) is 42.7 Å². The van der Waals surface area contributed by atoms with Crippen LogP contribution in [0.3, 0.4) is 0 Å². The molecule has 2 amide bonds. The molecule has 0 unspecified atom stereocenters. The number of nitrogens with one attached hydrogen (secondary N) is 2. The maximum absolute atomic E-state index is 13.1. The van der Waals surface area contributed by atoms with Gasteiger partial charge in [-0.1, -0.05) is 18.2 Å². The number of benzene rings is 3. The first-order valence-corrected chi connectivity index (χ1v) is 12.7. The number of rotatable bonds is 9. The van der Waals surface area contributed by atoms with Gasteiger partial charge in [0.05, 0.1) is 37.3 Å². The number of ether oxygens (including phenoxy) is 2. The van der Waals surface area contributed by atoms with Gasteiger partial charge in [-0.2, -0.15) is 0 Å². The molecule has 7 nitrogen and oxygen atoms in total. The molecule has 4 aromatic rings. The summed E-state index contributed by atoms with van der Waals surface area (Å²) in [5.74, 6) is 0.416. The van der Waals surface area contributed by atoms with Gasteiger partial charge < -0.3 is 24.5 Å². The summed E-state index contributed by atoms with van der Waals surface area (Å²) in [4.78, 5) is 25.9. The zero-order valence-corrected chi connectivity index (χ0v) is 21.1. The number of carbonyl (C=O) groups excluding carboxylic acids is 2. The van der Waals surface area contributed by atoms with Gasteiger partial charge in [0.15, 0.2) is 0 Å². The summed E-state index contributed by atoms with van der Waals surface area (Å²) < 4.78 is 17.4. The number of amides is 2. The molecule has 0 aliphatic heterocycles. The average Bonchev–Trinajstić information content (AvgIpc) is 3.52. The fourth-order valence-electron chi connectivity index (χ4n) is 4.74. The van der Waals surface area contributed by atoms with E-state index in [2.05, 4.69) is 22.8 Å². The average molecular weight is 499 g/mol. The fourth-order valence-corrected chi connectivity index (χ4v) is 4.74. The molecule has 1 aliphatic carbocycles. The Labute approximate surface area is 215 Å². The van der Waals surface area contributed by atoms with E-state index in [9.17, 15) is 9.59 Å². The minimum atomic E-state index is -0.265. The molecule has 0 saturated heterocycles.